The molecule has 208 valence electrons. The van der Waals surface area contributed by atoms with Gasteiger partial charge < -0.3 is 19.5 Å². The lowest BCUT2D eigenvalue weighted by Crippen LogP contribution is -2.48. The van der Waals surface area contributed by atoms with Crippen LogP contribution in [0.4, 0.5) is 5.13 Å². The Bertz CT molecular complexity index is 1320. The van der Waals surface area contributed by atoms with Gasteiger partial charge in [0.2, 0.25) is 0 Å². The van der Waals surface area contributed by atoms with Crippen molar-refractivity contribution in [2.45, 2.75) is 47.3 Å². The summed E-state index contributed by atoms with van der Waals surface area (Å²) in [6.07, 6.45) is 0.613. The van der Waals surface area contributed by atoms with Gasteiger partial charge in [0.05, 0.1) is 24.3 Å². The Kier molecular flexibility index (Phi) is 8.26. The maximum atomic E-state index is 11.8. The molecule has 3 heterocycles. The number of rotatable bonds is 8. The van der Waals surface area contributed by atoms with Crippen LogP contribution in [0.15, 0.2) is 41.8 Å². The quantitative estimate of drug-likeness (QED) is 0.382. The third-order valence-corrected chi connectivity index (χ3v) is 9.35. The zero-order valence-electron chi connectivity index (χ0n) is 23.4. The molecule has 8 heteroatoms. The topological polar surface area (TPSA) is 75.1 Å². The molecule has 7 nitrogen and oxygen atoms in total. The van der Waals surface area contributed by atoms with E-state index in [1.165, 1.54) is 16.7 Å². The van der Waals surface area contributed by atoms with Gasteiger partial charge in [-0.05, 0) is 61.9 Å². The van der Waals surface area contributed by atoms with Crippen LogP contribution in [0.1, 0.15) is 42.5 Å². The van der Waals surface area contributed by atoms with Crippen molar-refractivity contribution in [3.63, 3.8) is 0 Å². The second-order valence-electron chi connectivity index (χ2n) is 11.3. The van der Waals surface area contributed by atoms with E-state index in [2.05, 4.69) is 59.4 Å². The number of ether oxygens (including phenoxy) is 2. The number of thiazole rings is 1. The fourth-order valence-electron chi connectivity index (χ4n) is 5.42. The van der Waals surface area contributed by atoms with E-state index in [0.29, 0.717) is 26.1 Å². The summed E-state index contributed by atoms with van der Waals surface area (Å²) in [7, 11) is 0. The molecule has 3 aromatic rings. The lowest BCUT2D eigenvalue weighted by molar-refractivity contribution is -0.152. The number of hydrogen-bond donors (Lipinski definition) is 1. The van der Waals surface area contributed by atoms with Gasteiger partial charge in [0.15, 0.2) is 5.13 Å². The summed E-state index contributed by atoms with van der Waals surface area (Å²) in [6, 6.07) is 12.9. The molecule has 2 atom stereocenters. The highest BCUT2D eigenvalue weighted by Gasteiger charge is 2.43. The van der Waals surface area contributed by atoms with E-state index in [1.54, 1.807) is 11.3 Å². The molecule has 0 aliphatic carbocycles. The predicted molar refractivity (Wildman–Crippen MR) is 156 cm³/mol. The summed E-state index contributed by atoms with van der Waals surface area (Å²) in [4.78, 5) is 21.5. The number of anilines is 1. The first kappa shape index (κ1) is 27.6. The Morgan fingerprint density at radius 3 is 2.69 bits per heavy atom. The Morgan fingerprint density at radius 2 is 1.97 bits per heavy atom. The molecular formula is C31H39N3O4S. The highest BCUT2D eigenvalue weighted by molar-refractivity contribution is 7.14. The zero-order chi connectivity index (χ0) is 27.6. The molecule has 0 amide bonds. The molecular weight excluding hydrogens is 510 g/mol. The van der Waals surface area contributed by atoms with Gasteiger partial charge >= 0.3 is 5.97 Å². The Labute approximate surface area is 235 Å². The average Bonchev–Trinajstić information content (AvgIpc) is 3.41. The number of benzene rings is 2. The van der Waals surface area contributed by atoms with Gasteiger partial charge in [-0.3, -0.25) is 9.69 Å². The Balaban J connectivity index is 1.28. The molecule has 2 fully saturated rings. The van der Waals surface area contributed by atoms with Crippen LogP contribution in [0.5, 0.6) is 5.75 Å². The number of aromatic nitrogens is 1. The van der Waals surface area contributed by atoms with Crippen molar-refractivity contribution < 1.29 is 19.4 Å². The molecule has 0 bridgehead atoms. The lowest BCUT2D eigenvalue weighted by Gasteiger charge is -2.41. The highest BCUT2D eigenvalue weighted by Crippen LogP contribution is 2.40. The largest absolute Gasteiger partial charge is 0.488 e. The molecule has 39 heavy (non-hydrogen) atoms. The van der Waals surface area contributed by atoms with Gasteiger partial charge in [0.1, 0.15) is 12.4 Å². The summed E-state index contributed by atoms with van der Waals surface area (Å²) in [6.45, 7) is 14.5. The minimum absolute atomic E-state index is 0.0393. The molecule has 2 aliphatic rings. The zero-order valence-corrected chi connectivity index (χ0v) is 24.2. The van der Waals surface area contributed by atoms with Crippen molar-refractivity contribution in [2.75, 3.05) is 44.3 Å². The third kappa shape index (κ3) is 6.13. The first-order valence-electron chi connectivity index (χ1n) is 13.8. The molecule has 1 aromatic heterocycles. The summed E-state index contributed by atoms with van der Waals surface area (Å²) in [5, 5.41) is 12.7. The van der Waals surface area contributed by atoms with Gasteiger partial charge in [-0.1, -0.05) is 36.8 Å². The van der Waals surface area contributed by atoms with Crippen LogP contribution in [-0.2, 0) is 22.7 Å². The number of aryl methyl sites for hydroxylation is 2. The minimum atomic E-state index is -0.710. The minimum Gasteiger partial charge on any atom is -0.488 e. The summed E-state index contributed by atoms with van der Waals surface area (Å²) in [5.74, 6) is 0.148. The SMILES string of the molecule is Cc1ccc(OCc2ccc(CN3CCOCC3)cc2C)c(-c2csc(N3CC[C@@](C)(C(=O)O)[C@H](C)C3)n2)c1. The summed E-state index contributed by atoms with van der Waals surface area (Å²) < 4.78 is 11.9. The fraction of sp³-hybridized carbons (Fsp3) is 0.484. The molecule has 0 radical (unpaired) electrons. The third-order valence-electron chi connectivity index (χ3n) is 8.45. The smallest absolute Gasteiger partial charge is 0.309 e. The Hall–Kier alpha value is -2.94. The van der Waals surface area contributed by atoms with Crippen molar-refractivity contribution in [3.8, 4) is 17.0 Å². The monoisotopic (exact) mass is 549 g/mol. The fourth-order valence-corrected chi connectivity index (χ4v) is 6.29. The highest BCUT2D eigenvalue weighted by atomic mass is 32.1. The number of carboxylic acids is 1. The molecule has 2 aromatic carbocycles. The molecule has 2 aliphatic heterocycles. The average molecular weight is 550 g/mol. The van der Waals surface area contributed by atoms with E-state index in [1.807, 2.05) is 19.9 Å². The Morgan fingerprint density at radius 1 is 1.18 bits per heavy atom. The van der Waals surface area contributed by atoms with Gasteiger partial charge in [-0.25, -0.2) is 4.98 Å². The van der Waals surface area contributed by atoms with Crippen molar-refractivity contribution in [3.05, 3.63) is 64.0 Å². The molecule has 1 N–H and O–H groups in total. The first-order chi connectivity index (χ1) is 18.7. The van der Waals surface area contributed by atoms with Gasteiger partial charge in [-0.15, -0.1) is 11.3 Å². The second kappa shape index (κ2) is 11.7. The van der Waals surface area contributed by atoms with E-state index >= 15 is 0 Å². The summed E-state index contributed by atoms with van der Waals surface area (Å²) in [5.41, 5.74) is 6.07. The van der Waals surface area contributed by atoms with Crippen molar-refractivity contribution in [2.24, 2.45) is 11.3 Å². The first-order valence-corrected chi connectivity index (χ1v) is 14.7. The second-order valence-corrected chi connectivity index (χ2v) is 12.1. The van der Waals surface area contributed by atoms with E-state index in [9.17, 15) is 9.90 Å². The predicted octanol–water partition coefficient (Wildman–Crippen LogP) is 5.78. The van der Waals surface area contributed by atoms with Gasteiger partial charge in [-0.2, -0.15) is 0 Å². The van der Waals surface area contributed by atoms with Gasteiger partial charge in [0, 0.05) is 43.7 Å². The van der Waals surface area contributed by atoms with Crippen LogP contribution >= 0.6 is 11.3 Å². The molecule has 5 rings (SSSR count). The van der Waals surface area contributed by atoms with Crippen LogP contribution in [-0.4, -0.2) is 60.4 Å². The van der Waals surface area contributed by atoms with E-state index in [4.69, 9.17) is 14.5 Å². The van der Waals surface area contributed by atoms with Crippen LogP contribution in [0.3, 0.4) is 0 Å². The number of nitrogens with zero attached hydrogens (tertiary/aromatic N) is 3. The molecule has 0 unspecified atom stereocenters. The number of aliphatic carboxylic acids is 1. The normalized spacial score (nSPS) is 22.2. The number of piperidine rings is 1. The van der Waals surface area contributed by atoms with E-state index in [0.717, 1.165) is 60.5 Å². The van der Waals surface area contributed by atoms with Crippen molar-refractivity contribution in [1.82, 2.24) is 9.88 Å². The molecule has 0 spiro atoms. The standard InChI is InChI=1S/C31H39N3O4S/c1-21-5-8-28(38-19-25-7-6-24(16-22(25)2)18-33-11-13-37-14-12-33)26(15-21)27-20-39-30(32-27)34-10-9-31(4,29(35)36)23(3)17-34/h5-8,15-16,20,23H,9-14,17-19H2,1-4H3,(H,35,36)/t23-,31-/m1/s1. The van der Waals surface area contributed by atoms with Crippen molar-refractivity contribution >= 4 is 22.4 Å². The number of morpholine rings is 1. The number of hydrogen-bond acceptors (Lipinski definition) is 7. The molecule has 2 saturated heterocycles. The van der Waals surface area contributed by atoms with Crippen LogP contribution in [0, 0.1) is 25.2 Å². The van der Waals surface area contributed by atoms with Crippen molar-refractivity contribution in [1.29, 1.82) is 0 Å². The van der Waals surface area contributed by atoms with Crippen LogP contribution < -0.4 is 9.64 Å². The number of carboxylic acid groups (broad SMARTS) is 1. The summed E-state index contributed by atoms with van der Waals surface area (Å²) >= 11 is 1.61. The molecule has 0 saturated carbocycles. The van der Waals surface area contributed by atoms with Gasteiger partial charge in [0.25, 0.3) is 0 Å². The van der Waals surface area contributed by atoms with E-state index < -0.39 is 11.4 Å². The van der Waals surface area contributed by atoms with E-state index in [-0.39, 0.29) is 5.92 Å². The van der Waals surface area contributed by atoms with Crippen LogP contribution in [0.2, 0.25) is 0 Å². The van der Waals surface area contributed by atoms with Crippen LogP contribution in [0.25, 0.3) is 11.3 Å². The maximum absolute atomic E-state index is 11.8. The maximum Gasteiger partial charge on any atom is 0.309 e. The lowest BCUT2D eigenvalue weighted by atomic mass is 9.73. The number of carbonyl (C=O) groups is 1.